The fourth-order valence-electron chi connectivity index (χ4n) is 3.36. The predicted molar refractivity (Wildman–Crippen MR) is 86.6 cm³/mol. The third-order valence-electron chi connectivity index (χ3n) is 4.52. The second kappa shape index (κ2) is 6.46. The molecule has 1 aliphatic heterocycles. The van der Waals surface area contributed by atoms with Crippen molar-refractivity contribution in [2.24, 2.45) is 0 Å². The van der Waals surface area contributed by atoms with Gasteiger partial charge in [0.05, 0.1) is 18.8 Å². The summed E-state index contributed by atoms with van der Waals surface area (Å²) in [6, 6.07) is 10.4. The normalized spacial score (nSPS) is 19.7. The minimum Gasteiger partial charge on any atom is -0.468 e. The van der Waals surface area contributed by atoms with Crippen LogP contribution >= 0.6 is 0 Å². The van der Waals surface area contributed by atoms with Crippen LogP contribution in [0.5, 0.6) is 0 Å². The summed E-state index contributed by atoms with van der Waals surface area (Å²) in [6.07, 6.45) is 8.40. The topological polar surface area (TPSA) is 58.2 Å². The van der Waals surface area contributed by atoms with Crippen molar-refractivity contribution >= 4 is 0 Å². The summed E-state index contributed by atoms with van der Waals surface area (Å²) in [6.45, 7) is 1.88. The number of hydrogen-bond donors (Lipinski definition) is 1. The first-order valence-corrected chi connectivity index (χ1v) is 8.26. The van der Waals surface area contributed by atoms with Gasteiger partial charge in [-0.15, -0.1) is 0 Å². The Kier molecular flexibility index (Phi) is 4.03. The van der Waals surface area contributed by atoms with Gasteiger partial charge in [-0.3, -0.25) is 10.00 Å². The number of H-pyrrole nitrogens is 1. The Bertz CT molecular complexity index is 715. The third-order valence-corrected chi connectivity index (χ3v) is 4.52. The molecule has 1 fully saturated rings. The van der Waals surface area contributed by atoms with Gasteiger partial charge >= 0.3 is 0 Å². The molecule has 0 aromatic carbocycles. The van der Waals surface area contributed by atoms with Gasteiger partial charge in [0.1, 0.15) is 17.2 Å². The zero-order chi connectivity index (χ0) is 15.5. The molecule has 4 heterocycles. The lowest BCUT2D eigenvalue weighted by atomic mass is 10.1. The number of nitrogens with zero attached hydrogens (tertiary/aromatic N) is 2. The van der Waals surface area contributed by atoms with Gasteiger partial charge in [0.25, 0.3) is 0 Å². The van der Waals surface area contributed by atoms with Crippen molar-refractivity contribution in [3.63, 3.8) is 0 Å². The van der Waals surface area contributed by atoms with E-state index in [4.69, 9.17) is 8.83 Å². The van der Waals surface area contributed by atoms with Gasteiger partial charge in [-0.25, -0.2) is 0 Å². The molecule has 1 atom stereocenters. The Morgan fingerprint density at radius 1 is 1.17 bits per heavy atom. The highest BCUT2D eigenvalue weighted by molar-refractivity contribution is 5.51. The average molecular weight is 311 g/mol. The minimum absolute atomic E-state index is 0.341. The van der Waals surface area contributed by atoms with Crippen molar-refractivity contribution in [2.45, 2.75) is 38.3 Å². The first-order valence-electron chi connectivity index (χ1n) is 8.26. The standard InChI is InChI=1S/C18H21N3O2/c1-2-5-16(18-6-4-12-22-18)21(11-3-1)13-14-7-8-17(23-14)15-9-10-19-20-15/h4,6-10,12,16H,1-3,5,11,13H2,(H,19,20). The molecule has 0 saturated carbocycles. The molecule has 1 unspecified atom stereocenters. The van der Waals surface area contributed by atoms with Gasteiger partial charge in [0.15, 0.2) is 5.76 Å². The largest absolute Gasteiger partial charge is 0.468 e. The fraction of sp³-hybridized carbons (Fsp3) is 0.389. The Labute approximate surface area is 135 Å². The highest BCUT2D eigenvalue weighted by Gasteiger charge is 2.25. The molecule has 5 heteroatoms. The average Bonchev–Trinajstić information content (AvgIpc) is 3.29. The molecular formula is C18H21N3O2. The molecule has 23 heavy (non-hydrogen) atoms. The first kappa shape index (κ1) is 14.3. The predicted octanol–water partition coefficient (Wildman–Crippen LogP) is 4.38. The second-order valence-corrected chi connectivity index (χ2v) is 6.09. The molecule has 0 bridgehead atoms. The summed E-state index contributed by atoms with van der Waals surface area (Å²) in [5.41, 5.74) is 0.912. The quantitative estimate of drug-likeness (QED) is 0.777. The lowest BCUT2D eigenvalue weighted by Gasteiger charge is -2.27. The van der Waals surface area contributed by atoms with Crippen molar-refractivity contribution in [3.8, 4) is 11.5 Å². The molecule has 1 N–H and O–H groups in total. The van der Waals surface area contributed by atoms with Crippen LogP contribution in [0, 0.1) is 0 Å². The molecular weight excluding hydrogens is 290 g/mol. The van der Waals surface area contributed by atoms with Crippen LogP contribution in [0.4, 0.5) is 0 Å². The van der Waals surface area contributed by atoms with E-state index in [2.05, 4.69) is 27.2 Å². The van der Waals surface area contributed by atoms with Gasteiger partial charge in [0.2, 0.25) is 0 Å². The number of nitrogens with one attached hydrogen (secondary N) is 1. The zero-order valence-corrected chi connectivity index (χ0v) is 13.1. The van der Waals surface area contributed by atoms with Crippen LogP contribution in [0.3, 0.4) is 0 Å². The fourth-order valence-corrected chi connectivity index (χ4v) is 3.36. The van der Waals surface area contributed by atoms with Gasteiger partial charge < -0.3 is 8.83 Å². The molecule has 3 aromatic heterocycles. The molecule has 1 aliphatic rings. The molecule has 1 saturated heterocycles. The monoisotopic (exact) mass is 311 g/mol. The summed E-state index contributed by atoms with van der Waals surface area (Å²) in [5, 5.41) is 6.91. The van der Waals surface area contributed by atoms with Crippen LogP contribution in [-0.4, -0.2) is 21.6 Å². The molecule has 3 aromatic rings. The van der Waals surface area contributed by atoms with Crippen molar-refractivity contribution in [3.05, 3.63) is 54.3 Å². The van der Waals surface area contributed by atoms with Gasteiger partial charge in [0, 0.05) is 6.20 Å². The Morgan fingerprint density at radius 2 is 2.17 bits per heavy atom. The zero-order valence-electron chi connectivity index (χ0n) is 13.1. The van der Waals surface area contributed by atoms with E-state index in [1.807, 2.05) is 18.2 Å². The number of hydrogen-bond acceptors (Lipinski definition) is 4. The van der Waals surface area contributed by atoms with Crippen LogP contribution in [0.1, 0.15) is 43.2 Å². The Balaban J connectivity index is 1.53. The van der Waals surface area contributed by atoms with E-state index >= 15 is 0 Å². The van der Waals surface area contributed by atoms with E-state index in [9.17, 15) is 0 Å². The minimum atomic E-state index is 0.341. The van der Waals surface area contributed by atoms with Crippen LogP contribution < -0.4 is 0 Å². The summed E-state index contributed by atoms with van der Waals surface area (Å²) < 4.78 is 11.7. The first-order chi connectivity index (χ1) is 11.4. The van der Waals surface area contributed by atoms with Gasteiger partial charge in [-0.05, 0) is 49.7 Å². The van der Waals surface area contributed by atoms with Crippen LogP contribution in [-0.2, 0) is 6.54 Å². The maximum absolute atomic E-state index is 5.99. The Hall–Kier alpha value is -2.27. The third kappa shape index (κ3) is 3.10. The number of furan rings is 2. The van der Waals surface area contributed by atoms with Crippen LogP contribution in [0.15, 0.2) is 51.6 Å². The second-order valence-electron chi connectivity index (χ2n) is 6.09. The number of rotatable bonds is 4. The van der Waals surface area contributed by atoms with E-state index in [-0.39, 0.29) is 0 Å². The molecule has 5 nitrogen and oxygen atoms in total. The lowest BCUT2D eigenvalue weighted by molar-refractivity contribution is 0.158. The van der Waals surface area contributed by atoms with E-state index < -0.39 is 0 Å². The number of likely N-dealkylation sites (tertiary alicyclic amines) is 1. The highest BCUT2D eigenvalue weighted by Crippen LogP contribution is 2.32. The van der Waals surface area contributed by atoms with Crippen LogP contribution in [0.25, 0.3) is 11.5 Å². The van der Waals surface area contributed by atoms with Crippen molar-refractivity contribution < 1.29 is 8.83 Å². The van der Waals surface area contributed by atoms with Crippen molar-refractivity contribution in [1.82, 2.24) is 15.1 Å². The van der Waals surface area contributed by atoms with Crippen LogP contribution in [0.2, 0.25) is 0 Å². The maximum Gasteiger partial charge on any atom is 0.152 e. The van der Waals surface area contributed by atoms with E-state index in [1.54, 1.807) is 12.5 Å². The molecule has 4 rings (SSSR count). The molecule has 0 amide bonds. The number of aromatic amines is 1. The van der Waals surface area contributed by atoms with Gasteiger partial charge in [-0.2, -0.15) is 5.10 Å². The molecule has 120 valence electrons. The smallest absolute Gasteiger partial charge is 0.152 e. The lowest BCUT2D eigenvalue weighted by Crippen LogP contribution is -2.27. The van der Waals surface area contributed by atoms with E-state index in [1.165, 1.54) is 19.3 Å². The van der Waals surface area contributed by atoms with Crippen molar-refractivity contribution in [1.29, 1.82) is 0 Å². The van der Waals surface area contributed by atoms with Gasteiger partial charge in [-0.1, -0.05) is 12.8 Å². The Morgan fingerprint density at radius 3 is 3.00 bits per heavy atom. The number of aromatic nitrogens is 2. The summed E-state index contributed by atoms with van der Waals surface area (Å²) in [5.74, 6) is 2.88. The van der Waals surface area contributed by atoms with E-state index in [0.29, 0.717) is 6.04 Å². The summed E-state index contributed by atoms with van der Waals surface area (Å²) in [4.78, 5) is 2.47. The molecule has 0 radical (unpaired) electrons. The summed E-state index contributed by atoms with van der Waals surface area (Å²) in [7, 11) is 0. The molecule has 0 aliphatic carbocycles. The summed E-state index contributed by atoms with van der Waals surface area (Å²) >= 11 is 0. The van der Waals surface area contributed by atoms with Crippen molar-refractivity contribution in [2.75, 3.05) is 6.54 Å². The maximum atomic E-state index is 5.99. The highest BCUT2D eigenvalue weighted by atomic mass is 16.3. The SMILES string of the molecule is c1coc(C2CCCCCN2Cc2ccc(-c3ccn[nH]3)o2)c1. The molecule has 0 spiro atoms. The van der Waals surface area contributed by atoms with E-state index in [0.717, 1.165) is 42.5 Å².